The summed E-state index contributed by atoms with van der Waals surface area (Å²) < 4.78 is 5.01. The zero-order chi connectivity index (χ0) is 11.8. The molecule has 0 saturated heterocycles. The summed E-state index contributed by atoms with van der Waals surface area (Å²) in [4.78, 5) is 4.16. The number of nitrogens with zero attached hydrogens (tertiary/aromatic N) is 1. The van der Waals surface area contributed by atoms with E-state index in [9.17, 15) is 0 Å². The largest absolute Gasteiger partial charge is 0.481 e. The number of nitrogens with one attached hydrogen (secondary N) is 1. The summed E-state index contributed by atoms with van der Waals surface area (Å²) in [5.74, 6) is 0.652. The van der Waals surface area contributed by atoms with Crippen molar-refractivity contribution >= 4 is 6.08 Å². The average molecular weight is 220 g/mol. The molecule has 1 N–H and O–H groups in total. The highest BCUT2D eigenvalue weighted by molar-refractivity contribution is 5.51. The predicted octanol–water partition coefficient (Wildman–Crippen LogP) is 2.49. The van der Waals surface area contributed by atoms with Crippen LogP contribution in [0, 0.1) is 0 Å². The topological polar surface area (TPSA) is 34.1 Å². The third kappa shape index (κ3) is 4.45. The Kier molecular flexibility index (Phi) is 5.57. The Morgan fingerprint density at radius 1 is 1.50 bits per heavy atom. The smallest absolute Gasteiger partial charge is 0.212 e. The Hall–Kier alpha value is -1.35. The van der Waals surface area contributed by atoms with Crippen molar-refractivity contribution in [3.63, 3.8) is 0 Å². The van der Waals surface area contributed by atoms with Crippen LogP contribution < -0.4 is 10.1 Å². The first-order valence-electron chi connectivity index (χ1n) is 5.64. The first-order valence-corrected chi connectivity index (χ1v) is 5.64. The third-order valence-electron chi connectivity index (χ3n) is 2.21. The van der Waals surface area contributed by atoms with Gasteiger partial charge in [-0.05, 0) is 31.5 Å². The van der Waals surface area contributed by atoms with Gasteiger partial charge in [0.05, 0.1) is 7.11 Å². The van der Waals surface area contributed by atoms with Crippen molar-refractivity contribution in [1.82, 2.24) is 10.3 Å². The van der Waals surface area contributed by atoms with Crippen LogP contribution in [-0.2, 0) is 0 Å². The molecule has 0 aliphatic carbocycles. The molecule has 0 bridgehead atoms. The van der Waals surface area contributed by atoms with E-state index in [1.165, 1.54) is 5.57 Å². The lowest BCUT2D eigenvalue weighted by Crippen LogP contribution is -2.16. The quantitative estimate of drug-likeness (QED) is 0.748. The maximum atomic E-state index is 5.01. The molecule has 0 unspecified atom stereocenters. The van der Waals surface area contributed by atoms with Gasteiger partial charge in [-0.25, -0.2) is 4.98 Å². The number of pyridine rings is 1. The van der Waals surface area contributed by atoms with E-state index in [-0.39, 0.29) is 0 Å². The van der Waals surface area contributed by atoms with Crippen molar-refractivity contribution in [1.29, 1.82) is 0 Å². The van der Waals surface area contributed by atoms with Crippen LogP contribution >= 0.6 is 0 Å². The maximum absolute atomic E-state index is 5.01. The second kappa shape index (κ2) is 7.01. The van der Waals surface area contributed by atoms with E-state index in [4.69, 9.17) is 4.74 Å². The summed E-state index contributed by atoms with van der Waals surface area (Å²) in [5.41, 5.74) is 2.41. The molecule has 0 saturated carbocycles. The highest BCUT2D eigenvalue weighted by Crippen LogP contribution is 2.09. The van der Waals surface area contributed by atoms with Gasteiger partial charge in [0.1, 0.15) is 0 Å². The molecule has 88 valence electrons. The molecule has 0 aromatic carbocycles. The van der Waals surface area contributed by atoms with E-state index >= 15 is 0 Å². The average Bonchev–Trinajstić information content (AvgIpc) is 2.30. The Labute approximate surface area is 97.5 Å². The monoisotopic (exact) mass is 220 g/mol. The molecule has 1 rings (SSSR count). The number of aromatic nitrogens is 1. The van der Waals surface area contributed by atoms with Crippen LogP contribution in [0.15, 0.2) is 23.9 Å². The highest BCUT2D eigenvalue weighted by Gasteiger charge is 1.94. The van der Waals surface area contributed by atoms with Crippen molar-refractivity contribution < 1.29 is 4.74 Å². The van der Waals surface area contributed by atoms with Crippen molar-refractivity contribution in [2.45, 2.75) is 20.3 Å². The molecule has 1 aromatic heterocycles. The molecule has 0 fully saturated rings. The number of hydrogen-bond acceptors (Lipinski definition) is 3. The van der Waals surface area contributed by atoms with E-state index in [2.05, 4.69) is 30.2 Å². The number of hydrogen-bond donors (Lipinski definition) is 1. The van der Waals surface area contributed by atoms with Crippen LogP contribution in [0.4, 0.5) is 0 Å². The van der Waals surface area contributed by atoms with Crippen LogP contribution in [0.25, 0.3) is 6.08 Å². The van der Waals surface area contributed by atoms with Crippen molar-refractivity contribution in [3.8, 4) is 5.88 Å². The molecule has 16 heavy (non-hydrogen) atoms. The van der Waals surface area contributed by atoms with Gasteiger partial charge < -0.3 is 10.1 Å². The number of ether oxygens (including phenoxy) is 1. The molecule has 3 heteroatoms. The molecule has 0 amide bonds. The molecular weight excluding hydrogens is 200 g/mol. The summed E-state index contributed by atoms with van der Waals surface area (Å²) in [6, 6.07) is 3.88. The van der Waals surface area contributed by atoms with Gasteiger partial charge >= 0.3 is 0 Å². The molecule has 3 nitrogen and oxygen atoms in total. The fraction of sp³-hybridized carbons (Fsp3) is 0.462. The van der Waals surface area contributed by atoms with Crippen molar-refractivity contribution in [2.24, 2.45) is 0 Å². The van der Waals surface area contributed by atoms with E-state index in [1.54, 1.807) is 7.11 Å². The lowest BCUT2D eigenvalue weighted by molar-refractivity contribution is 0.398. The lowest BCUT2D eigenvalue weighted by Gasteiger charge is -2.03. The molecule has 0 atom stereocenters. The van der Waals surface area contributed by atoms with E-state index in [0.717, 1.165) is 25.1 Å². The minimum atomic E-state index is 0.652. The normalized spacial score (nSPS) is 11.6. The van der Waals surface area contributed by atoms with Gasteiger partial charge in [-0.2, -0.15) is 0 Å². The summed E-state index contributed by atoms with van der Waals surface area (Å²) >= 11 is 0. The molecule has 1 heterocycles. The van der Waals surface area contributed by atoms with Crippen LogP contribution in [0.3, 0.4) is 0 Å². The van der Waals surface area contributed by atoms with Gasteiger partial charge in [0, 0.05) is 18.8 Å². The zero-order valence-corrected chi connectivity index (χ0v) is 10.3. The predicted molar refractivity (Wildman–Crippen MR) is 67.6 cm³/mol. The standard InChI is InChI=1S/C13H20N2O/c1-4-7-14-9-11(2)8-12-5-6-13(16-3)15-10-12/h5-6,8,10,14H,4,7,9H2,1-3H3/b11-8+. The van der Waals surface area contributed by atoms with Gasteiger partial charge in [0.25, 0.3) is 0 Å². The Morgan fingerprint density at radius 2 is 2.31 bits per heavy atom. The van der Waals surface area contributed by atoms with Crippen LogP contribution in [0.1, 0.15) is 25.8 Å². The maximum Gasteiger partial charge on any atom is 0.212 e. The van der Waals surface area contributed by atoms with Crippen molar-refractivity contribution in [2.75, 3.05) is 20.2 Å². The SMILES string of the molecule is CCCNC/C(C)=C/c1ccc(OC)nc1. The lowest BCUT2D eigenvalue weighted by atomic mass is 10.2. The summed E-state index contributed by atoms with van der Waals surface area (Å²) in [6.45, 7) is 6.28. The van der Waals surface area contributed by atoms with E-state index in [0.29, 0.717) is 5.88 Å². The Morgan fingerprint density at radius 3 is 2.88 bits per heavy atom. The first-order chi connectivity index (χ1) is 7.76. The highest BCUT2D eigenvalue weighted by atomic mass is 16.5. The van der Waals surface area contributed by atoms with Crippen LogP contribution in [0.5, 0.6) is 5.88 Å². The van der Waals surface area contributed by atoms with Gasteiger partial charge in [-0.15, -0.1) is 0 Å². The van der Waals surface area contributed by atoms with Crippen LogP contribution in [0.2, 0.25) is 0 Å². The van der Waals surface area contributed by atoms with Crippen LogP contribution in [-0.4, -0.2) is 25.2 Å². The van der Waals surface area contributed by atoms with Crippen molar-refractivity contribution in [3.05, 3.63) is 29.5 Å². The van der Waals surface area contributed by atoms with Gasteiger partial charge in [-0.3, -0.25) is 0 Å². The Bertz CT molecular complexity index is 330. The number of methoxy groups -OCH3 is 1. The molecule has 0 radical (unpaired) electrons. The minimum absolute atomic E-state index is 0.652. The van der Waals surface area contributed by atoms with E-state index in [1.807, 2.05) is 18.3 Å². The van der Waals surface area contributed by atoms with E-state index < -0.39 is 0 Å². The molecule has 0 spiro atoms. The second-order valence-corrected chi connectivity index (χ2v) is 3.80. The van der Waals surface area contributed by atoms with Gasteiger partial charge in [-0.1, -0.05) is 18.6 Å². The molecule has 0 aliphatic heterocycles. The molecule has 1 aromatic rings. The second-order valence-electron chi connectivity index (χ2n) is 3.80. The summed E-state index contributed by atoms with van der Waals surface area (Å²) in [7, 11) is 1.62. The van der Waals surface area contributed by atoms with Gasteiger partial charge in [0.2, 0.25) is 5.88 Å². The fourth-order valence-corrected chi connectivity index (χ4v) is 1.40. The Balaban J connectivity index is 2.52. The minimum Gasteiger partial charge on any atom is -0.481 e. The molecular formula is C13H20N2O. The third-order valence-corrected chi connectivity index (χ3v) is 2.21. The summed E-state index contributed by atoms with van der Waals surface area (Å²) in [6.07, 6.45) is 5.12. The number of rotatable bonds is 6. The zero-order valence-electron chi connectivity index (χ0n) is 10.3. The molecule has 0 aliphatic rings. The fourth-order valence-electron chi connectivity index (χ4n) is 1.40. The van der Waals surface area contributed by atoms with Gasteiger partial charge in [0.15, 0.2) is 0 Å². The first kappa shape index (κ1) is 12.7. The summed E-state index contributed by atoms with van der Waals surface area (Å²) in [5, 5.41) is 3.36.